The molecule has 0 aromatic heterocycles. The normalized spacial score (nSPS) is 13.5. The monoisotopic (exact) mass is 634 g/mol. The third-order valence-corrected chi connectivity index (χ3v) is 18.8. The van der Waals surface area contributed by atoms with Crippen LogP contribution < -0.4 is 0 Å². The highest BCUT2D eigenvalue weighted by molar-refractivity contribution is 8.76. The molecule has 0 spiro atoms. The molecular formula is C34H74O2S2Si2. The minimum atomic E-state index is -0.807. The fraction of sp³-hybridized carbons (Fsp3) is 1.00. The van der Waals surface area contributed by atoms with Crippen LogP contribution in [0.15, 0.2) is 0 Å². The SMILES string of the molecule is CCCCCOC(CCCSSCCCC(OCCCCC)[SiH](CCCC)CCCC)[SiH](CCCC)CCCC. The molecule has 0 bridgehead atoms. The lowest BCUT2D eigenvalue weighted by Crippen LogP contribution is -2.34. The number of unbranched alkanes of at least 4 members (excludes halogenated alkanes) is 8. The third-order valence-electron chi connectivity index (χ3n) is 8.44. The fourth-order valence-electron chi connectivity index (χ4n) is 5.79. The fourth-order valence-corrected chi connectivity index (χ4v) is 16.0. The second-order valence-corrected chi connectivity index (χ2v) is 21.8. The minimum absolute atomic E-state index is 0.624. The van der Waals surface area contributed by atoms with Gasteiger partial charge in [0, 0.05) is 36.2 Å². The second-order valence-electron chi connectivity index (χ2n) is 12.3. The first kappa shape index (κ1) is 41.1. The molecule has 0 saturated carbocycles. The first-order chi connectivity index (χ1) is 19.7. The summed E-state index contributed by atoms with van der Waals surface area (Å²) in [5, 5.41) is 0. The molecule has 0 aromatic carbocycles. The van der Waals surface area contributed by atoms with Gasteiger partial charge in [0.05, 0.1) is 17.6 Å². The Morgan fingerprint density at radius 1 is 0.425 bits per heavy atom. The van der Waals surface area contributed by atoms with Crippen LogP contribution in [0.5, 0.6) is 0 Å². The summed E-state index contributed by atoms with van der Waals surface area (Å²) >= 11 is 0. The van der Waals surface area contributed by atoms with E-state index in [-0.39, 0.29) is 0 Å². The van der Waals surface area contributed by atoms with Crippen molar-refractivity contribution in [2.45, 2.75) is 193 Å². The zero-order chi connectivity index (χ0) is 29.5. The first-order valence-electron chi connectivity index (χ1n) is 18.2. The van der Waals surface area contributed by atoms with Gasteiger partial charge < -0.3 is 9.47 Å². The summed E-state index contributed by atoms with van der Waals surface area (Å²) in [5.74, 6) is 2.59. The lowest BCUT2D eigenvalue weighted by molar-refractivity contribution is 0.0918. The number of hydrogen-bond donors (Lipinski definition) is 0. The van der Waals surface area contributed by atoms with Crippen LogP contribution in [0.2, 0.25) is 24.2 Å². The topological polar surface area (TPSA) is 18.5 Å². The molecule has 0 heterocycles. The van der Waals surface area contributed by atoms with Gasteiger partial charge in [-0.3, -0.25) is 0 Å². The highest BCUT2D eigenvalue weighted by Crippen LogP contribution is 2.27. The molecule has 0 aliphatic heterocycles. The molecule has 2 atom stereocenters. The Bertz CT molecular complexity index is 429. The zero-order valence-electron chi connectivity index (χ0n) is 28.3. The molecule has 0 aliphatic carbocycles. The molecule has 2 unspecified atom stereocenters. The lowest BCUT2D eigenvalue weighted by Gasteiger charge is -2.27. The molecule has 0 aromatic rings. The molecule has 2 nitrogen and oxygen atoms in total. The molecule has 0 N–H and O–H groups in total. The van der Waals surface area contributed by atoms with Gasteiger partial charge in [0.2, 0.25) is 0 Å². The molecule has 0 aliphatic rings. The van der Waals surface area contributed by atoms with E-state index in [1.54, 1.807) is 0 Å². The van der Waals surface area contributed by atoms with Crippen LogP contribution in [0.25, 0.3) is 0 Å². The van der Waals surface area contributed by atoms with Crippen molar-refractivity contribution in [3.63, 3.8) is 0 Å². The van der Waals surface area contributed by atoms with E-state index in [0.29, 0.717) is 11.5 Å². The van der Waals surface area contributed by atoms with Gasteiger partial charge in [-0.25, -0.2) is 0 Å². The number of ether oxygens (including phenoxy) is 2. The maximum Gasteiger partial charge on any atom is 0.0717 e. The summed E-state index contributed by atoms with van der Waals surface area (Å²) < 4.78 is 13.3. The van der Waals surface area contributed by atoms with E-state index >= 15 is 0 Å². The van der Waals surface area contributed by atoms with E-state index in [2.05, 4.69) is 63.1 Å². The van der Waals surface area contributed by atoms with E-state index in [1.165, 1.54) is 151 Å². The van der Waals surface area contributed by atoms with Gasteiger partial charge in [0.15, 0.2) is 0 Å². The molecule has 242 valence electrons. The van der Waals surface area contributed by atoms with Crippen LogP contribution >= 0.6 is 21.6 Å². The maximum absolute atomic E-state index is 6.63. The summed E-state index contributed by atoms with van der Waals surface area (Å²) in [4.78, 5) is 0. The van der Waals surface area contributed by atoms with Crippen molar-refractivity contribution in [1.29, 1.82) is 0 Å². The second kappa shape index (κ2) is 33.0. The quantitative estimate of drug-likeness (QED) is 0.0406. The van der Waals surface area contributed by atoms with Gasteiger partial charge in [-0.15, -0.1) is 0 Å². The smallest absolute Gasteiger partial charge is 0.0717 e. The van der Waals surface area contributed by atoms with Crippen LogP contribution in [-0.2, 0) is 9.47 Å². The Morgan fingerprint density at radius 2 is 0.750 bits per heavy atom. The predicted molar refractivity (Wildman–Crippen MR) is 195 cm³/mol. The summed E-state index contributed by atoms with van der Waals surface area (Å²) in [6.07, 6.45) is 24.1. The van der Waals surface area contributed by atoms with Crippen molar-refractivity contribution in [2.24, 2.45) is 0 Å². The maximum atomic E-state index is 6.63. The Morgan fingerprint density at radius 3 is 1.05 bits per heavy atom. The van der Waals surface area contributed by atoms with Crippen molar-refractivity contribution in [1.82, 2.24) is 0 Å². The van der Waals surface area contributed by atoms with Gasteiger partial charge in [-0.2, -0.15) is 0 Å². The van der Waals surface area contributed by atoms with Crippen LogP contribution in [0.3, 0.4) is 0 Å². The highest BCUT2D eigenvalue weighted by Gasteiger charge is 2.24. The number of rotatable bonds is 33. The largest absolute Gasteiger partial charge is 0.382 e. The average molecular weight is 635 g/mol. The van der Waals surface area contributed by atoms with Crippen molar-refractivity contribution in [3.05, 3.63) is 0 Å². The molecule has 0 radical (unpaired) electrons. The van der Waals surface area contributed by atoms with Gasteiger partial charge in [0.1, 0.15) is 0 Å². The van der Waals surface area contributed by atoms with Crippen LogP contribution in [0.4, 0.5) is 0 Å². The first-order valence-corrected chi connectivity index (χ1v) is 25.2. The van der Waals surface area contributed by atoms with E-state index in [9.17, 15) is 0 Å². The summed E-state index contributed by atoms with van der Waals surface area (Å²) in [6.45, 7) is 16.0. The molecule has 6 heteroatoms. The number of hydrogen-bond acceptors (Lipinski definition) is 4. The van der Waals surface area contributed by atoms with E-state index in [4.69, 9.17) is 9.47 Å². The van der Waals surface area contributed by atoms with E-state index in [1.807, 2.05) is 0 Å². The van der Waals surface area contributed by atoms with Crippen molar-refractivity contribution in [3.8, 4) is 0 Å². The summed E-state index contributed by atoms with van der Waals surface area (Å²) in [7, 11) is 2.65. The molecule has 0 saturated heterocycles. The molecular weight excluding hydrogens is 561 g/mol. The van der Waals surface area contributed by atoms with Gasteiger partial charge in [-0.05, 0) is 38.5 Å². The van der Waals surface area contributed by atoms with Crippen LogP contribution in [-0.4, -0.2) is 53.8 Å². The zero-order valence-corrected chi connectivity index (χ0v) is 32.3. The summed E-state index contributed by atoms with van der Waals surface area (Å²) in [6, 6.07) is 6.00. The molecule has 40 heavy (non-hydrogen) atoms. The Hall–Kier alpha value is 1.05. The molecule has 0 amide bonds. The van der Waals surface area contributed by atoms with Gasteiger partial charge in [0.25, 0.3) is 0 Å². The van der Waals surface area contributed by atoms with E-state index < -0.39 is 17.6 Å². The Balaban J connectivity index is 4.58. The van der Waals surface area contributed by atoms with Crippen molar-refractivity contribution in [2.75, 3.05) is 24.7 Å². The van der Waals surface area contributed by atoms with Crippen molar-refractivity contribution >= 4 is 39.2 Å². The Labute approximate surface area is 265 Å². The lowest BCUT2D eigenvalue weighted by atomic mass is 10.3. The molecule has 0 fully saturated rings. The van der Waals surface area contributed by atoms with Crippen LogP contribution in [0, 0.1) is 0 Å². The van der Waals surface area contributed by atoms with Gasteiger partial charge in [-0.1, -0.05) is 164 Å². The summed E-state index contributed by atoms with van der Waals surface area (Å²) in [5.41, 5.74) is 1.25. The minimum Gasteiger partial charge on any atom is -0.382 e. The highest BCUT2D eigenvalue weighted by atomic mass is 33.1. The van der Waals surface area contributed by atoms with E-state index in [0.717, 1.165) is 13.2 Å². The predicted octanol–water partition coefficient (Wildman–Crippen LogP) is 11.8. The third kappa shape index (κ3) is 24.5. The standard InChI is InChI=1S/C34H74O2S2Si2/c1-7-13-19-25-35-33(39(29-15-9-3)30-16-10-4)23-21-27-37-38-28-22-24-34(36-26-20-14-8-2)40(31-17-11-5)32-18-12-6/h33-34,39-40H,7-32H2,1-6H3. The van der Waals surface area contributed by atoms with Crippen molar-refractivity contribution < 1.29 is 9.47 Å². The molecule has 0 rings (SSSR count). The van der Waals surface area contributed by atoms with Gasteiger partial charge >= 0.3 is 0 Å². The van der Waals surface area contributed by atoms with Crippen LogP contribution in [0.1, 0.15) is 157 Å². The Kier molecular flexibility index (Phi) is 33.8. The average Bonchev–Trinajstić information content (AvgIpc) is 2.97.